The van der Waals surface area contributed by atoms with Crippen LogP contribution >= 0.6 is 0 Å². The maximum atomic E-state index is 12.9. The third kappa shape index (κ3) is 1.54. The number of halogens is 3. The van der Waals surface area contributed by atoms with Crippen LogP contribution in [0.25, 0.3) is 0 Å². The first-order valence-corrected chi connectivity index (χ1v) is 5.14. The van der Waals surface area contributed by atoms with E-state index < -0.39 is 17.5 Å². The maximum absolute atomic E-state index is 12.9. The molecule has 4 N–H and O–H groups in total. The van der Waals surface area contributed by atoms with Crippen LogP contribution < -0.4 is 21.7 Å². The monoisotopic (exact) mass is 244 g/mol. The molecule has 2 saturated heterocycles. The lowest BCUT2D eigenvalue weighted by atomic mass is 9.97. The van der Waals surface area contributed by atoms with E-state index in [1.54, 1.807) is 12.1 Å². The Hall–Kier alpha value is -1.15. The van der Waals surface area contributed by atoms with Crippen molar-refractivity contribution >= 4 is 0 Å². The lowest BCUT2D eigenvalue weighted by molar-refractivity contribution is -0.165. The minimum absolute atomic E-state index is 0.166. The Labute approximate surface area is 95.5 Å². The molecule has 0 aliphatic carbocycles. The van der Waals surface area contributed by atoms with E-state index in [1.165, 1.54) is 12.1 Å². The van der Waals surface area contributed by atoms with Crippen molar-refractivity contribution in [3.8, 4) is 0 Å². The van der Waals surface area contributed by atoms with Gasteiger partial charge >= 0.3 is 6.18 Å². The second-order valence-electron chi connectivity index (χ2n) is 4.45. The molecule has 4 nitrogen and oxygen atoms in total. The molecule has 0 atom stereocenters. The minimum Gasteiger partial charge on any atom is -0.231 e. The van der Waals surface area contributed by atoms with E-state index in [0.717, 1.165) is 5.56 Å². The molecular weight excluding hydrogens is 233 g/mol. The molecule has 0 spiro atoms. The Bertz CT molecular complexity index is 463. The molecule has 92 valence electrons. The van der Waals surface area contributed by atoms with Crippen molar-refractivity contribution in [2.75, 3.05) is 0 Å². The first-order chi connectivity index (χ1) is 7.87. The van der Waals surface area contributed by atoms with Gasteiger partial charge in [-0.2, -0.15) is 13.2 Å². The van der Waals surface area contributed by atoms with Crippen molar-refractivity contribution in [3.05, 3.63) is 35.4 Å². The molecular formula is C10H11F3N4. The summed E-state index contributed by atoms with van der Waals surface area (Å²) in [6.07, 6.45) is -4.36. The Kier molecular flexibility index (Phi) is 1.93. The number of rotatable bonds is 2. The van der Waals surface area contributed by atoms with Crippen LogP contribution in [0, 0.1) is 0 Å². The number of benzene rings is 1. The van der Waals surface area contributed by atoms with Gasteiger partial charge in [0.25, 0.3) is 0 Å². The summed E-state index contributed by atoms with van der Waals surface area (Å²) >= 11 is 0. The molecule has 0 unspecified atom stereocenters. The van der Waals surface area contributed by atoms with Gasteiger partial charge in [-0.05, 0) is 24.1 Å². The van der Waals surface area contributed by atoms with E-state index in [4.69, 9.17) is 0 Å². The fraction of sp³-hybridized carbons (Fsp3) is 0.400. The molecule has 0 radical (unpaired) electrons. The number of hydrogen-bond acceptors (Lipinski definition) is 4. The van der Waals surface area contributed by atoms with Crippen molar-refractivity contribution in [1.82, 2.24) is 21.7 Å². The van der Waals surface area contributed by atoms with E-state index in [9.17, 15) is 13.2 Å². The summed E-state index contributed by atoms with van der Waals surface area (Å²) in [6.45, 7) is 1.86. The molecule has 2 fully saturated rings. The van der Waals surface area contributed by atoms with Gasteiger partial charge < -0.3 is 0 Å². The van der Waals surface area contributed by atoms with Crippen LogP contribution in [0.15, 0.2) is 24.3 Å². The molecule has 3 rings (SSSR count). The van der Waals surface area contributed by atoms with Gasteiger partial charge in [0.05, 0.1) is 0 Å². The molecule has 2 heterocycles. The van der Waals surface area contributed by atoms with E-state index >= 15 is 0 Å². The van der Waals surface area contributed by atoms with Crippen LogP contribution in [-0.2, 0) is 11.3 Å². The standard InChI is InChI=1S/C10H11F3N4/c1-8(14-15-8)6-3-2-4-7(5-6)9(16-17-9)10(11,12)13/h2-5,14-17H,1H3. The smallest absolute Gasteiger partial charge is 0.231 e. The van der Waals surface area contributed by atoms with Crippen molar-refractivity contribution in [2.45, 2.75) is 24.4 Å². The van der Waals surface area contributed by atoms with Crippen molar-refractivity contribution in [3.63, 3.8) is 0 Å². The predicted octanol–water partition coefficient (Wildman–Crippen LogP) is 0.790. The number of alkyl halides is 3. The second-order valence-corrected chi connectivity index (χ2v) is 4.45. The van der Waals surface area contributed by atoms with Gasteiger partial charge in [0.15, 0.2) is 0 Å². The summed E-state index contributed by atoms with van der Waals surface area (Å²) in [4.78, 5) is 0. The lowest BCUT2D eigenvalue weighted by Crippen LogP contribution is -2.35. The van der Waals surface area contributed by atoms with Gasteiger partial charge in [0, 0.05) is 0 Å². The second kappa shape index (κ2) is 2.99. The lowest BCUT2D eigenvalue weighted by Gasteiger charge is -2.17. The van der Waals surface area contributed by atoms with Crippen molar-refractivity contribution in [1.29, 1.82) is 0 Å². The van der Waals surface area contributed by atoms with Crippen LogP contribution in [-0.4, -0.2) is 6.18 Å². The normalized spacial score (nSPS) is 24.5. The summed E-state index contributed by atoms with van der Waals surface area (Å²) in [5.41, 5.74) is 8.59. The SMILES string of the molecule is CC1(c2cccc(C3(C(F)(F)F)NN3)c2)NN1. The Morgan fingerprint density at radius 3 is 2.06 bits per heavy atom. The molecule has 17 heavy (non-hydrogen) atoms. The summed E-state index contributed by atoms with van der Waals surface area (Å²) in [5.74, 6) is 0. The zero-order valence-corrected chi connectivity index (χ0v) is 8.94. The third-order valence-electron chi connectivity index (χ3n) is 3.17. The predicted molar refractivity (Wildman–Crippen MR) is 54.1 cm³/mol. The first-order valence-electron chi connectivity index (χ1n) is 5.14. The highest BCUT2D eigenvalue weighted by Crippen LogP contribution is 2.42. The largest absolute Gasteiger partial charge is 0.426 e. The van der Waals surface area contributed by atoms with Crippen LogP contribution in [0.2, 0.25) is 0 Å². The van der Waals surface area contributed by atoms with Gasteiger partial charge in [-0.25, -0.2) is 21.7 Å². The Morgan fingerprint density at radius 2 is 1.59 bits per heavy atom. The number of nitrogens with one attached hydrogen (secondary N) is 4. The number of hydrogen-bond donors (Lipinski definition) is 4. The molecule has 0 bridgehead atoms. The van der Waals surface area contributed by atoms with Crippen molar-refractivity contribution in [2.24, 2.45) is 0 Å². The quantitative estimate of drug-likeness (QED) is 0.579. The fourth-order valence-corrected chi connectivity index (χ4v) is 1.81. The molecule has 7 heteroatoms. The highest BCUT2D eigenvalue weighted by atomic mass is 19.4. The van der Waals surface area contributed by atoms with E-state index in [-0.39, 0.29) is 5.56 Å². The summed E-state index contributed by atoms with van der Waals surface area (Å²) < 4.78 is 38.6. The molecule has 0 saturated carbocycles. The highest BCUT2D eigenvalue weighted by Gasteiger charge is 2.65. The van der Waals surface area contributed by atoms with Crippen LogP contribution in [0.4, 0.5) is 13.2 Å². The van der Waals surface area contributed by atoms with Crippen molar-refractivity contribution < 1.29 is 13.2 Å². The molecule has 0 amide bonds. The third-order valence-corrected chi connectivity index (χ3v) is 3.17. The van der Waals surface area contributed by atoms with E-state index in [2.05, 4.69) is 21.7 Å². The Balaban J connectivity index is 2.00. The minimum atomic E-state index is -4.36. The highest BCUT2D eigenvalue weighted by molar-refractivity contribution is 5.37. The Morgan fingerprint density at radius 1 is 1.00 bits per heavy atom. The molecule has 1 aromatic carbocycles. The molecule has 0 aromatic heterocycles. The van der Waals surface area contributed by atoms with Gasteiger partial charge in [0.1, 0.15) is 5.66 Å². The zero-order valence-electron chi connectivity index (χ0n) is 8.94. The van der Waals surface area contributed by atoms with Crippen LogP contribution in [0.3, 0.4) is 0 Å². The van der Waals surface area contributed by atoms with Gasteiger partial charge in [-0.15, -0.1) is 0 Å². The number of hydrazine groups is 2. The molecule has 2 aliphatic rings. The maximum Gasteiger partial charge on any atom is 0.426 e. The summed E-state index contributed by atoms with van der Waals surface area (Å²) in [7, 11) is 0. The van der Waals surface area contributed by atoms with Gasteiger partial charge in [-0.1, -0.05) is 18.2 Å². The molecule has 2 aliphatic heterocycles. The average molecular weight is 244 g/mol. The van der Waals surface area contributed by atoms with Crippen LogP contribution in [0.1, 0.15) is 18.1 Å². The summed E-state index contributed by atoms with van der Waals surface area (Å²) in [6, 6.07) is 6.39. The summed E-state index contributed by atoms with van der Waals surface area (Å²) in [5, 5.41) is 0. The fourth-order valence-electron chi connectivity index (χ4n) is 1.81. The average Bonchev–Trinajstić information content (AvgIpc) is 3.10. The van der Waals surface area contributed by atoms with Gasteiger partial charge in [0.2, 0.25) is 5.66 Å². The topological polar surface area (TPSA) is 87.8 Å². The van der Waals surface area contributed by atoms with Gasteiger partial charge in [-0.3, -0.25) is 0 Å². The molecule has 1 aromatic rings. The van der Waals surface area contributed by atoms with Crippen LogP contribution in [0.5, 0.6) is 0 Å². The van der Waals surface area contributed by atoms with E-state index in [1.807, 2.05) is 6.92 Å². The first kappa shape index (κ1) is 11.0. The van der Waals surface area contributed by atoms with E-state index in [0.29, 0.717) is 0 Å². The zero-order chi connectivity index (χ0) is 12.3.